The van der Waals surface area contributed by atoms with Crippen LogP contribution in [0, 0.1) is 34.6 Å². The van der Waals surface area contributed by atoms with E-state index in [0.717, 1.165) is 33.3 Å². The van der Waals surface area contributed by atoms with Crippen LogP contribution in [-0.2, 0) is 0 Å². The molecule has 3 heteroatoms. The standard InChI is InChI=1S/C14H17NO2/c1-6-9(4)14(16)17-13-8(3)7(2)12(15)10(5)11(6)13/h15H2,1-5H3. The van der Waals surface area contributed by atoms with Crippen molar-refractivity contribution in [2.45, 2.75) is 34.6 Å². The molecule has 0 aliphatic carbocycles. The number of fused-ring (bicyclic) bond motifs is 1. The summed E-state index contributed by atoms with van der Waals surface area (Å²) in [6.45, 7) is 9.58. The van der Waals surface area contributed by atoms with Gasteiger partial charge in [0.1, 0.15) is 5.58 Å². The topological polar surface area (TPSA) is 56.2 Å². The summed E-state index contributed by atoms with van der Waals surface area (Å²) in [6.07, 6.45) is 0. The highest BCUT2D eigenvalue weighted by Gasteiger charge is 2.16. The van der Waals surface area contributed by atoms with Crippen LogP contribution in [0.2, 0.25) is 0 Å². The van der Waals surface area contributed by atoms with E-state index in [9.17, 15) is 4.79 Å². The summed E-state index contributed by atoms with van der Waals surface area (Å²) in [5.74, 6) is 0. The molecule has 0 unspecified atom stereocenters. The number of benzene rings is 1. The van der Waals surface area contributed by atoms with E-state index in [1.807, 2.05) is 27.7 Å². The van der Waals surface area contributed by atoms with E-state index < -0.39 is 0 Å². The number of anilines is 1. The third kappa shape index (κ3) is 1.46. The summed E-state index contributed by atoms with van der Waals surface area (Å²) in [4.78, 5) is 11.7. The molecular formula is C14H17NO2. The van der Waals surface area contributed by atoms with Gasteiger partial charge >= 0.3 is 5.63 Å². The highest BCUT2D eigenvalue weighted by molar-refractivity contribution is 5.92. The number of rotatable bonds is 0. The van der Waals surface area contributed by atoms with Gasteiger partial charge in [0.2, 0.25) is 0 Å². The molecule has 0 saturated heterocycles. The maximum atomic E-state index is 11.7. The van der Waals surface area contributed by atoms with Gasteiger partial charge in [-0.3, -0.25) is 0 Å². The lowest BCUT2D eigenvalue weighted by Crippen LogP contribution is -2.09. The fraction of sp³-hybridized carbons (Fsp3) is 0.357. The van der Waals surface area contributed by atoms with Crippen molar-refractivity contribution in [3.05, 3.63) is 38.2 Å². The van der Waals surface area contributed by atoms with Gasteiger partial charge in [-0.2, -0.15) is 0 Å². The molecular weight excluding hydrogens is 214 g/mol. The van der Waals surface area contributed by atoms with E-state index in [1.165, 1.54) is 0 Å². The van der Waals surface area contributed by atoms with Gasteiger partial charge in [0.25, 0.3) is 0 Å². The molecule has 1 heterocycles. The lowest BCUT2D eigenvalue weighted by atomic mass is 9.95. The van der Waals surface area contributed by atoms with Gasteiger partial charge in [-0.05, 0) is 56.9 Å². The Labute approximate surface area is 100 Å². The fourth-order valence-corrected chi connectivity index (χ4v) is 2.23. The first kappa shape index (κ1) is 11.7. The van der Waals surface area contributed by atoms with Crippen molar-refractivity contribution in [1.82, 2.24) is 0 Å². The maximum absolute atomic E-state index is 11.7. The van der Waals surface area contributed by atoms with Crippen LogP contribution in [0.5, 0.6) is 0 Å². The Balaban J connectivity index is 3.18. The summed E-state index contributed by atoms with van der Waals surface area (Å²) in [6, 6.07) is 0. The molecule has 3 nitrogen and oxygen atoms in total. The largest absolute Gasteiger partial charge is 0.422 e. The second-order valence-corrected chi connectivity index (χ2v) is 4.63. The van der Waals surface area contributed by atoms with Crippen LogP contribution >= 0.6 is 0 Å². The quantitative estimate of drug-likeness (QED) is 0.560. The van der Waals surface area contributed by atoms with E-state index in [1.54, 1.807) is 6.92 Å². The molecule has 90 valence electrons. The first-order valence-electron chi connectivity index (χ1n) is 5.65. The Morgan fingerprint density at radius 3 is 2.00 bits per heavy atom. The monoisotopic (exact) mass is 231 g/mol. The average molecular weight is 231 g/mol. The highest BCUT2D eigenvalue weighted by Crippen LogP contribution is 2.32. The van der Waals surface area contributed by atoms with E-state index in [0.29, 0.717) is 11.1 Å². The molecule has 0 aliphatic heterocycles. The molecule has 0 radical (unpaired) electrons. The van der Waals surface area contributed by atoms with Crippen LogP contribution in [0.1, 0.15) is 27.8 Å². The van der Waals surface area contributed by atoms with Crippen molar-refractivity contribution in [1.29, 1.82) is 0 Å². The predicted octanol–water partition coefficient (Wildman–Crippen LogP) is 2.92. The minimum absolute atomic E-state index is 0.262. The Morgan fingerprint density at radius 1 is 0.824 bits per heavy atom. The normalized spacial score (nSPS) is 11.1. The zero-order valence-electron chi connectivity index (χ0n) is 10.9. The zero-order valence-corrected chi connectivity index (χ0v) is 10.9. The smallest absolute Gasteiger partial charge is 0.339 e. The summed E-state index contributed by atoms with van der Waals surface area (Å²) < 4.78 is 5.41. The zero-order chi connectivity index (χ0) is 12.9. The van der Waals surface area contributed by atoms with E-state index in [4.69, 9.17) is 10.2 Å². The van der Waals surface area contributed by atoms with Crippen molar-refractivity contribution in [3.8, 4) is 0 Å². The van der Waals surface area contributed by atoms with Crippen molar-refractivity contribution < 1.29 is 4.42 Å². The maximum Gasteiger partial charge on any atom is 0.339 e. The number of nitrogens with two attached hydrogens (primary N) is 1. The van der Waals surface area contributed by atoms with Crippen LogP contribution < -0.4 is 11.4 Å². The molecule has 0 saturated carbocycles. The molecule has 0 fully saturated rings. The summed E-state index contributed by atoms with van der Waals surface area (Å²) in [7, 11) is 0. The highest BCUT2D eigenvalue weighted by atomic mass is 16.4. The van der Waals surface area contributed by atoms with E-state index >= 15 is 0 Å². The number of hydrogen-bond donors (Lipinski definition) is 1. The number of aryl methyl sites for hydroxylation is 3. The van der Waals surface area contributed by atoms with Crippen LogP contribution in [0.4, 0.5) is 5.69 Å². The van der Waals surface area contributed by atoms with Crippen LogP contribution in [0.15, 0.2) is 9.21 Å². The summed E-state index contributed by atoms with van der Waals surface area (Å²) in [5, 5.41) is 0.975. The molecule has 0 amide bonds. The van der Waals surface area contributed by atoms with Crippen molar-refractivity contribution in [2.24, 2.45) is 0 Å². The Bertz CT molecular complexity index is 681. The first-order valence-corrected chi connectivity index (χ1v) is 5.65. The summed E-state index contributed by atoms with van der Waals surface area (Å²) >= 11 is 0. The molecule has 0 aliphatic rings. The molecule has 2 aromatic rings. The van der Waals surface area contributed by atoms with Gasteiger partial charge in [0.05, 0.1) is 0 Å². The molecule has 0 spiro atoms. The molecule has 2 N–H and O–H groups in total. The minimum Gasteiger partial charge on any atom is -0.422 e. The van der Waals surface area contributed by atoms with Crippen molar-refractivity contribution in [2.75, 3.05) is 5.73 Å². The van der Waals surface area contributed by atoms with Gasteiger partial charge in [-0.25, -0.2) is 4.79 Å². The van der Waals surface area contributed by atoms with Crippen LogP contribution in [-0.4, -0.2) is 0 Å². The first-order chi connectivity index (χ1) is 7.86. The molecule has 1 aromatic carbocycles. The number of hydrogen-bond acceptors (Lipinski definition) is 3. The molecule has 2 rings (SSSR count). The Kier molecular flexibility index (Phi) is 2.49. The van der Waals surface area contributed by atoms with Gasteiger partial charge < -0.3 is 10.2 Å². The second kappa shape index (κ2) is 3.62. The lowest BCUT2D eigenvalue weighted by molar-refractivity contribution is 0.551. The number of nitrogen functional groups attached to an aromatic ring is 1. The Hall–Kier alpha value is -1.77. The van der Waals surface area contributed by atoms with Gasteiger partial charge in [-0.15, -0.1) is 0 Å². The van der Waals surface area contributed by atoms with E-state index in [-0.39, 0.29) is 5.63 Å². The molecule has 0 bridgehead atoms. The third-order valence-corrected chi connectivity index (χ3v) is 3.75. The molecule has 17 heavy (non-hydrogen) atoms. The lowest BCUT2D eigenvalue weighted by Gasteiger charge is -2.14. The van der Waals surface area contributed by atoms with E-state index in [2.05, 4.69) is 0 Å². The van der Waals surface area contributed by atoms with Crippen molar-refractivity contribution in [3.63, 3.8) is 0 Å². The van der Waals surface area contributed by atoms with Gasteiger partial charge in [-0.1, -0.05) is 0 Å². The second-order valence-electron chi connectivity index (χ2n) is 4.63. The fourth-order valence-electron chi connectivity index (χ4n) is 2.23. The van der Waals surface area contributed by atoms with Gasteiger partial charge in [0, 0.05) is 16.6 Å². The molecule has 1 aromatic heterocycles. The van der Waals surface area contributed by atoms with Crippen molar-refractivity contribution >= 4 is 16.7 Å². The van der Waals surface area contributed by atoms with Gasteiger partial charge in [0.15, 0.2) is 0 Å². The molecule has 0 atom stereocenters. The van der Waals surface area contributed by atoms with Crippen LogP contribution in [0.3, 0.4) is 0 Å². The average Bonchev–Trinajstić information content (AvgIpc) is 2.30. The van der Waals surface area contributed by atoms with Crippen LogP contribution in [0.25, 0.3) is 11.0 Å². The summed E-state index contributed by atoms with van der Waals surface area (Å²) in [5.41, 5.74) is 11.8. The predicted molar refractivity (Wildman–Crippen MR) is 70.6 cm³/mol. The SMILES string of the molecule is Cc1c(N)c(C)c2c(C)c(C)c(=O)oc2c1C. The minimum atomic E-state index is -0.262. The Morgan fingerprint density at radius 2 is 1.41 bits per heavy atom. The third-order valence-electron chi connectivity index (χ3n) is 3.75.